The summed E-state index contributed by atoms with van der Waals surface area (Å²) in [4.78, 5) is 0. The summed E-state index contributed by atoms with van der Waals surface area (Å²) in [6.07, 6.45) is 0. The Labute approximate surface area is 145 Å². The number of allylic oxidation sites excluding steroid dienone is 1. The zero-order chi connectivity index (χ0) is 15.5. The second-order valence-corrected chi connectivity index (χ2v) is 8.73. The average molecular weight is 305 g/mol. The van der Waals surface area contributed by atoms with Gasteiger partial charge in [0, 0.05) is 10.6 Å². The van der Waals surface area contributed by atoms with Crippen molar-refractivity contribution in [2.24, 2.45) is 5.41 Å². The molecule has 0 unspecified atom stereocenters. The maximum atomic E-state index is 13.7. The van der Waals surface area contributed by atoms with E-state index in [-0.39, 0.29) is 24.3 Å². The maximum absolute atomic E-state index is 13.7. The molecule has 0 heterocycles. The van der Waals surface area contributed by atoms with Crippen molar-refractivity contribution in [2.45, 2.75) is 20.8 Å². The fourth-order valence-electron chi connectivity index (χ4n) is 1.97. The van der Waals surface area contributed by atoms with Gasteiger partial charge in [-0.1, -0.05) is 81.4 Å². The Kier molecular flexibility index (Phi) is 6.33. The van der Waals surface area contributed by atoms with Gasteiger partial charge in [0.2, 0.25) is 0 Å². The van der Waals surface area contributed by atoms with Crippen LogP contribution in [0.1, 0.15) is 20.8 Å². The predicted octanol–water partition coefficient (Wildman–Crippen LogP) is 1.94. The van der Waals surface area contributed by atoms with E-state index in [0.29, 0.717) is 5.70 Å². The standard InChI is InChI=1S/C18H21NOP.Li/c1-18(2,3)17(19)14-21(20,15-10-6-4-7-11-15)16-12-8-5-9-13-16;/h4-14,19H,1-3H3;/q-1;+1/b17-14-;. The monoisotopic (exact) mass is 305 g/mol. The average Bonchev–Trinajstić information content (AvgIpc) is 2.48. The van der Waals surface area contributed by atoms with Crippen LogP contribution in [0.25, 0.3) is 5.73 Å². The fraction of sp³-hybridized carbons (Fsp3) is 0.222. The predicted molar refractivity (Wildman–Crippen MR) is 91.6 cm³/mol. The van der Waals surface area contributed by atoms with E-state index in [2.05, 4.69) is 0 Å². The van der Waals surface area contributed by atoms with Crippen molar-refractivity contribution in [2.75, 3.05) is 0 Å². The molecule has 1 N–H and O–H groups in total. The van der Waals surface area contributed by atoms with Crippen LogP contribution in [0.15, 0.2) is 72.2 Å². The Morgan fingerprint density at radius 1 is 0.909 bits per heavy atom. The van der Waals surface area contributed by atoms with Crippen LogP contribution in [0.2, 0.25) is 0 Å². The molecule has 0 amide bonds. The van der Waals surface area contributed by atoms with E-state index in [1.807, 2.05) is 81.4 Å². The van der Waals surface area contributed by atoms with Gasteiger partial charge in [-0.05, 0) is 11.2 Å². The third kappa shape index (κ3) is 4.17. The third-order valence-corrected chi connectivity index (χ3v) is 6.15. The largest absolute Gasteiger partial charge is 1.00 e. The number of hydrogen-bond acceptors (Lipinski definition) is 1. The summed E-state index contributed by atoms with van der Waals surface area (Å²) in [5, 5.41) is 1.54. The third-order valence-electron chi connectivity index (χ3n) is 3.40. The smallest absolute Gasteiger partial charge is 0.702 e. The molecule has 0 saturated carbocycles. The van der Waals surface area contributed by atoms with Crippen LogP contribution in [0, 0.1) is 5.41 Å². The molecule has 22 heavy (non-hydrogen) atoms. The fourth-order valence-corrected chi connectivity index (χ4v) is 4.55. The molecule has 0 aliphatic rings. The molecule has 0 atom stereocenters. The molecule has 0 aromatic heterocycles. The molecule has 110 valence electrons. The summed E-state index contributed by atoms with van der Waals surface area (Å²) in [5.74, 6) is 1.65. The van der Waals surface area contributed by atoms with Gasteiger partial charge in [0.25, 0.3) is 0 Å². The molecular formula is C18H21LiNOP. The SMILES string of the molecule is CC(C)(C)/C([NH-])=C/P(=O)(c1ccccc1)c1ccccc1.[Li+]. The molecule has 2 rings (SSSR count). The van der Waals surface area contributed by atoms with E-state index in [9.17, 15) is 4.57 Å². The molecule has 0 fully saturated rings. The van der Waals surface area contributed by atoms with Crippen molar-refractivity contribution in [3.63, 3.8) is 0 Å². The van der Waals surface area contributed by atoms with Crippen LogP contribution in [-0.2, 0) is 4.57 Å². The number of hydrogen-bond donors (Lipinski definition) is 0. The minimum Gasteiger partial charge on any atom is -0.702 e. The summed E-state index contributed by atoms with van der Waals surface area (Å²) >= 11 is 0. The quantitative estimate of drug-likeness (QED) is 0.631. The minimum absolute atomic E-state index is 0. The van der Waals surface area contributed by atoms with Gasteiger partial charge in [-0.2, -0.15) is 5.70 Å². The molecule has 2 aromatic carbocycles. The first-order chi connectivity index (χ1) is 9.84. The van der Waals surface area contributed by atoms with Crippen molar-refractivity contribution in [3.05, 3.63) is 77.9 Å². The Morgan fingerprint density at radius 3 is 1.59 bits per heavy atom. The molecule has 2 aromatic rings. The van der Waals surface area contributed by atoms with E-state index in [1.54, 1.807) is 5.82 Å². The Bertz CT molecular complexity index is 632. The van der Waals surface area contributed by atoms with Crippen molar-refractivity contribution in [3.8, 4) is 0 Å². The van der Waals surface area contributed by atoms with Gasteiger partial charge in [-0.25, -0.2) is 0 Å². The molecule has 2 nitrogen and oxygen atoms in total. The van der Waals surface area contributed by atoms with Crippen molar-refractivity contribution < 1.29 is 23.4 Å². The number of benzene rings is 2. The van der Waals surface area contributed by atoms with Crippen molar-refractivity contribution in [1.82, 2.24) is 0 Å². The number of rotatable bonds is 3. The Morgan fingerprint density at radius 2 is 1.27 bits per heavy atom. The van der Waals surface area contributed by atoms with Gasteiger partial charge in [0.15, 0.2) is 7.14 Å². The molecule has 0 radical (unpaired) electrons. The second kappa shape index (κ2) is 7.38. The van der Waals surface area contributed by atoms with E-state index >= 15 is 0 Å². The summed E-state index contributed by atoms with van der Waals surface area (Å²) in [6.45, 7) is 5.89. The van der Waals surface area contributed by atoms with Gasteiger partial charge in [0.05, 0.1) is 0 Å². The second-order valence-electron chi connectivity index (χ2n) is 6.12. The van der Waals surface area contributed by atoms with Crippen LogP contribution < -0.4 is 29.5 Å². The van der Waals surface area contributed by atoms with Gasteiger partial charge in [0.1, 0.15) is 0 Å². The summed E-state index contributed by atoms with van der Waals surface area (Å²) in [7, 11) is -2.93. The maximum Gasteiger partial charge on any atom is 1.00 e. The zero-order valence-corrected chi connectivity index (χ0v) is 14.6. The molecule has 0 bridgehead atoms. The summed E-state index contributed by atoms with van der Waals surface area (Å²) in [6, 6.07) is 18.9. The molecule has 0 saturated heterocycles. The first kappa shape index (κ1) is 18.9. The van der Waals surface area contributed by atoms with E-state index < -0.39 is 7.14 Å². The van der Waals surface area contributed by atoms with Gasteiger partial charge < -0.3 is 10.3 Å². The summed E-state index contributed by atoms with van der Waals surface area (Å²) in [5.41, 5.74) is 8.35. The molecular weight excluding hydrogens is 284 g/mol. The van der Waals surface area contributed by atoms with Gasteiger partial charge in [-0.3, -0.25) is 0 Å². The van der Waals surface area contributed by atoms with Crippen LogP contribution in [0.4, 0.5) is 0 Å². The van der Waals surface area contributed by atoms with E-state index in [4.69, 9.17) is 5.73 Å². The van der Waals surface area contributed by atoms with E-state index in [1.165, 1.54) is 0 Å². The molecule has 4 heteroatoms. The van der Waals surface area contributed by atoms with Gasteiger partial charge in [-0.15, -0.1) is 0 Å². The number of nitrogens with one attached hydrogen (secondary N) is 1. The first-order valence-electron chi connectivity index (χ1n) is 7.00. The van der Waals surface area contributed by atoms with Gasteiger partial charge >= 0.3 is 18.9 Å². The zero-order valence-electron chi connectivity index (χ0n) is 13.7. The topological polar surface area (TPSA) is 40.9 Å². The summed E-state index contributed by atoms with van der Waals surface area (Å²) < 4.78 is 13.7. The Balaban J connectivity index is 0.00000242. The molecule has 0 aliphatic carbocycles. The first-order valence-corrected chi connectivity index (χ1v) is 8.77. The van der Waals surface area contributed by atoms with Crippen LogP contribution in [0.3, 0.4) is 0 Å². The molecule has 0 aliphatic heterocycles. The van der Waals surface area contributed by atoms with Crippen LogP contribution in [0.5, 0.6) is 0 Å². The van der Waals surface area contributed by atoms with Crippen LogP contribution in [-0.4, -0.2) is 0 Å². The normalized spacial score (nSPS) is 12.6. The Hall–Kier alpha value is -1.19. The molecule has 0 spiro atoms. The van der Waals surface area contributed by atoms with Crippen molar-refractivity contribution >= 4 is 17.8 Å². The van der Waals surface area contributed by atoms with Crippen LogP contribution >= 0.6 is 7.14 Å². The minimum atomic E-state index is -2.93. The van der Waals surface area contributed by atoms with E-state index in [0.717, 1.165) is 10.6 Å². The van der Waals surface area contributed by atoms with Crippen molar-refractivity contribution in [1.29, 1.82) is 0 Å².